The Kier molecular flexibility index (Phi) is 4.00. The lowest BCUT2D eigenvalue weighted by molar-refractivity contribution is -0.127. The van der Waals surface area contributed by atoms with Crippen LogP contribution in [0.1, 0.15) is 34.7 Å². The second kappa shape index (κ2) is 5.69. The third kappa shape index (κ3) is 3.02. The minimum atomic E-state index is -0.902. The maximum Gasteiger partial charge on any atom is 0.335 e. The third-order valence-corrected chi connectivity index (χ3v) is 3.59. The molecule has 4 heteroatoms. The highest BCUT2D eigenvalue weighted by Crippen LogP contribution is 2.28. The van der Waals surface area contributed by atoms with E-state index in [1.54, 1.807) is 23.1 Å². The lowest BCUT2D eigenvalue weighted by Crippen LogP contribution is -2.36. The van der Waals surface area contributed by atoms with Crippen LogP contribution in [0.3, 0.4) is 0 Å². The van der Waals surface area contributed by atoms with Crippen molar-refractivity contribution in [3.63, 3.8) is 0 Å². The largest absolute Gasteiger partial charge is 0.478 e. The summed E-state index contributed by atoms with van der Waals surface area (Å²) in [4.78, 5) is 24.2. The van der Waals surface area contributed by atoms with Crippen LogP contribution in [0.2, 0.25) is 0 Å². The SMILES string of the molecule is C=CC(=O)N1CCC(c2cccc(C(=O)O)c2)CC1. The van der Waals surface area contributed by atoms with Gasteiger partial charge < -0.3 is 10.0 Å². The molecule has 0 saturated carbocycles. The Morgan fingerprint density at radius 3 is 2.58 bits per heavy atom. The van der Waals surface area contributed by atoms with Gasteiger partial charge in [-0.3, -0.25) is 4.79 Å². The lowest BCUT2D eigenvalue weighted by atomic mass is 9.88. The Balaban J connectivity index is 2.05. The number of carboxylic acid groups (broad SMARTS) is 1. The summed E-state index contributed by atoms with van der Waals surface area (Å²) in [6, 6.07) is 7.07. The van der Waals surface area contributed by atoms with Gasteiger partial charge in [0.2, 0.25) is 5.91 Å². The molecule has 1 aromatic rings. The van der Waals surface area contributed by atoms with Crippen LogP contribution in [0.25, 0.3) is 0 Å². The summed E-state index contributed by atoms with van der Waals surface area (Å²) in [6.45, 7) is 4.89. The number of carbonyl (C=O) groups is 2. The third-order valence-electron chi connectivity index (χ3n) is 3.59. The molecule has 0 unspecified atom stereocenters. The van der Waals surface area contributed by atoms with Crippen LogP contribution < -0.4 is 0 Å². The van der Waals surface area contributed by atoms with Crippen LogP contribution in [0.4, 0.5) is 0 Å². The highest BCUT2D eigenvalue weighted by atomic mass is 16.4. The van der Waals surface area contributed by atoms with Gasteiger partial charge in [0.25, 0.3) is 0 Å². The van der Waals surface area contributed by atoms with E-state index in [2.05, 4.69) is 6.58 Å². The number of aromatic carboxylic acids is 1. The van der Waals surface area contributed by atoms with Gasteiger partial charge in [0, 0.05) is 13.1 Å². The first kappa shape index (κ1) is 13.3. The quantitative estimate of drug-likeness (QED) is 0.847. The van der Waals surface area contributed by atoms with E-state index in [1.807, 2.05) is 6.07 Å². The number of hydrogen-bond donors (Lipinski definition) is 1. The summed E-state index contributed by atoms with van der Waals surface area (Å²) in [5.41, 5.74) is 1.37. The van der Waals surface area contributed by atoms with Gasteiger partial charge in [-0.15, -0.1) is 0 Å². The predicted molar refractivity (Wildman–Crippen MR) is 72.2 cm³/mol. The summed E-state index contributed by atoms with van der Waals surface area (Å²) in [5.74, 6) is -0.605. The molecule has 0 radical (unpaired) electrons. The van der Waals surface area contributed by atoms with Gasteiger partial charge in [0.05, 0.1) is 5.56 Å². The minimum absolute atomic E-state index is 0.0299. The Labute approximate surface area is 112 Å². The van der Waals surface area contributed by atoms with E-state index in [9.17, 15) is 9.59 Å². The predicted octanol–water partition coefficient (Wildman–Crippen LogP) is 2.28. The molecular formula is C15H17NO3. The number of likely N-dealkylation sites (tertiary alicyclic amines) is 1. The molecule has 100 valence electrons. The van der Waals surface area contributed by atoms with E-state index in [1.165, 1.54) is 6.08 Å². The molecule has 19 heavy (non-hydrogen) atoms. The monoisotopic (exact) mass is 259 g/mol. The molecule has 1 fully saturated rings. The van der Waals surface area contributed by atoms with Gasteiger partial charge in [0.15, 0.2) is 0 Å². The van der Waals surface area contributed by atoms with Crippen molar-refractivity contribution in [2.45, 2.75) is 18.8 Å². The lowest BCUT2D eigenvalue weighted by Gasteiger charge is -2.31. The number of carbonyl (C=O) groups excluding carboxylic acids is 1. The fourth-order valence-corrected chi connectivity index (χ4v) is 2.49. The zero-order valence-corrected chi connectivity index (χ0v) is 10.7. The number of nitrogens with zero attached hydrogens (tertiary/aromatic N) is 1. The van der Waals surface area contributed by atoms with Crippen molar-refractivity contribution in [3.8, 4) is 0 Å². The molecule has 0 spiro atoms. The van der Waals surface area contributed by atoms with Gasteiger partial charge in [-0.2, -0.15) is 0 Å². The van der Waals surface area contributed by atoms with Crippen LogP contribution in [-0.4, -0.2) is 35.0 Å². The normalized spacial score (nSPS) is 16.1. The maximum absolute atomic E-state index is 11.5. The highest BCUT2D eigenvalue weighted by Gasteiger charge is 2.22. The van der Waals surface area contributed by atoms with E-state index < -0.39 is 5.97 Å². The molecule has 1 aliphatic rings. The molecule has 1 aromatic carbocycles. The molecule has 1 N–H and O–H groups in total. The summed E-state index contributed by atoms with van der Waals surface area (Å²) < 4.78 is 0. The minimum Gasteiger partial charge on any atom is -0.478 e. The van der Waals surface area contributed by atoms with Crippen LogP contribution in [0.5, 0.6) is 0 Å². The Morgan fingerprint density at radius 1 is 1.32 bits per heavy atom. The zero-order valence-electron chi connectivity index (χ0n) is 10.7. The molecule has 2 rings (SSSR count). The number of carboxylic acids is 1. The maximum atomic E-state index is 11.5. The number of benzene rings is 1. The fourth-order valence-electron chi connectivity index (χ4n) is 2.49. The smallest absolute Gasteiger partial charge is 0.335 e. The second-order valence-corrected chi connectivity index (χ2v) is 4.73. The topological polar surface area (TPSA) is 57.6 Å². The number of hydrogen-bond acceptors (Lipinski definition) is 2. The summed E-state index contributed by atoms with van der Waals surface area (Å²) in [5, 5.41) is 8.99. The standard InChI is InChI=1S/C15H17NO3/c1-2-14(17)16-8-6-11(7-9-16)12-4-3-5-13(10-12)15(18)19/h2-5,10-11H,1,6-9H2,(H,18,19). The molecule has 4 nitrogen and oxygen atoms in total. The Hall–Kier alpha value is -2.10. The molecule has 1 heterocycles. The molecule has 1 saturated heterocycles. The molecule has 0 aromatic heterocycles. The molecule has 1 amide bonds. The average molecular weight is 259 g/mol. The molecular weight excluding hydrogens is 242 g/mol. The van der Waals surface area contributed by atoms with E-state index in [0.717, 1.165) is 18.4 Å². The molecule has 1 aliphatic heterocycles. The zero-order chi connectivity index (χ0) is 13.8. The number of rotatable bonds is 3. The van der Waals surface area contributed by atoms with Gasteiger partial charge in [-0.25, -0.2) is 4.79 Å². The summed E-state index contributed by atoms with van der Waals surface area (Å²) in [7, 11) is 0. The van der Waals surface area contributed by atoms with Crippen LogP contribution >= 0.6 is 0 Å². The molecule has 0 bridgehead atoms. The van der Waals surface area contributed by atoms with Crippen LogP contribution in [-0.2, 0) is 4.79 Å². The fraction of sp³-hybridized carbons (Fsp3) is 0.333. The highest BCUT2D eigenvalue weighted by molar-refractivity contribution is 5.88. The van der Waals surface area contributed by atoms with Crippen LogP contribution in [0.15, 0.2) is 36.9 Å². The first-order valence-electron chi connectivity index (χ1n) is 6.36. The van der Waals surface area contributed by atoms with Crippen molar-refractivity contribution in [1.82, 2.24) is 4.90 Å². The number of amides is 1. The first-order chi connectivity index (χ1) is 9.11. The van der Waals surface area contributed by atoms with E-state index in [0.29, 0.717) is 24.6 Å². The van der Waals surface area contributed by atoms with Gasteiger partial charge in [0.1, 0.15) is 0 Å². The average Bonchev–Trinajstić information content (AvgIpc) is 2.46. The van der Waals surface area contributed by atoms with Crippen molar-refractivity contribution < 1.29 is 14.7 Å². The number of piperidine rings is 1. The van der Waals surface area contributed by atoms with Crippen molar-refractivity contribution in [2.75, 3.05) is 13.1 Å². The van der Waals surface area contributed by atoms with Crippen LogP contribution in [0, 0.1) is 0 Å². The van der Waals surface area contributed by atoms with Gasteiger partial charge in [-0.05, 0) is 42.5 Å². The van der Waals surface area contributed by atoms with Crippen molar-refractivity contribution in [1.29, 1.82) is 0 Å². The first-order valence-corrected chi connectivity index (χ1v) is 6.36. The van der Waals surface area contributed by atoms with Crippen molar-refractivity contribution in [2.24, 2.45) is 0 Å². The Bertz CT molecular complexity index is 502. The van der Waals surface area contributed by atoms with E-state index >= 15 is 0 Å². The van der Waals surface area contributed by atoms with Gasteiger partial charge >= 0.3 is 5.97 Å². The van der Waals surface area contributed by atoms with Crippen molar-refractivity contribution in [3.05, 3.63) is 48.0 Å². The van der Waals surface area contributed by atoms with E-state index in [4.69, 9.17) is 5.11 Å². The Morgan fingerprint density at radius 2 is 2.00 bits per heavy atom. The van der Waals surface area contributed by atoms with Crippen molar-refractivity contribution >= 4 is 11.9 Å². The molecule has 0 aliphatic carbocycles. The van der Waals surface area contributed by atoms with E-state index in [-0.39, 0.29) is 5.91 Å². The molecule has 0 atom stereocenters. The summed E-state index contributed by atoms with van der Waals surface area (Å²) in [6.07, 6.45) is 3.07. The summed E-state index contributed by atoms with van der Waals surface area (Å²) >= 11 is 0. The second-order valence-electron chi connectivity index (χ2n) is 4.73. The van der Waals surface area contributed by atoms with Gasteiger partial charge in [-0.1, -0.05) is 18.7 Å².